The molecule has 9 rings (SSSR count). The van der Waals surface area contributed by atoms with E-state index in [4.69, 9.17) is 25.4 Å². The number of nitrogens with two attached hydrogens (primary N) is 1. The Labute approximate surface area is 333 Å². The van der Waals surface area contributed by atoms with Crippen LogP contribution in [-0.2, 0) is 11.2 Å². The summed E-state index contributed by atoms with van der Waals surface area (Å²) >= 11 is 1.58. The minimum atomic E-state index is -1.12. The van der Waals surface area contributed by atoms with E-state index >= 15 is 0 Å². The minimum Gasteiger partial charge on any atom is -0.476 e. The third kappa shape index (κ3) is 7.29. The number of aryl methyl sites for hydroxylation is 1. The smallest absolute Gasteiger partial charge is 0.355 e. The average Bonchev–Trinajstić information content (AvgIpc) is 3.48. The predicted molar refractivity (Wildman–Crippen MR) is 225 cm³/mol. The quantitative estimate of drug-likeness (QED) is 0.0815. The highest BCUT2D eigenvalue weighted by Crippen LogP contribution is 2.66. The number of carbonyl (C=O) groups is 1. The van der Waals surface area contributed by atoms with Crippen LogP contribution in [0.1, 0.15) is 98.5 Å². The van der Waals surface area contributed by atoms with E-state index in [2.05, 4.69) is 59.8 Å². The molecule has 56 heavy (non-hydrogen) atoms. The van der Waals surface area contributed by atoms with Crippen LogP contribution in [0.2, 0.25) is 0 Å². The van der Waals surface area contributed by atoms with Gasteiger partial charge in [0.1, 0.15) is 5.82 Å². The Morgan fingerprint density at radius 2 is 1.91 bits per heavy atom. The molecule has 4 aliphatic carbocycles. The van der Waals surface area contributed by atoms with Crippen molar-refractivity contribution in [1.29, 1.82) is 0 Å². The number of aliphatic imine (C=N–C) groups is 1. The van der Waals surface area contributed by atoms with Gasteiger partial charge >= 0.3 is 5.97 Å². The first-order valence-electron chi connectivity index (χ1n) is 20.0. The summed E-state index contributed by atoms with van der Waals surface area (Å²) in [6.07, 6.45) is 10.0. The van der Waals surface area contributed by atoms with Crippen LogP contribution in [0.5, 0.6) is 0 Å². The standard InChI is InChI=1S/C43H55N9O3S/c1-25-9-11-34-33(16-25)47-40(56-34)49-37-26(2)30-8-7-14-52(38(30)51-50-37)35-12-10-31(36(48-35)39(53)54)32(20-44)27(3)46-21-29-18-42(5)22-41(4)17-28(29)19-43(23-41,24-42)55-15-13-45-6/h9-12,16,20,28-29,45H,7-8,13-15,17-19,21-24,44H2,1-6H3,(H,53,54)(H,47,49,50). The molecule has 4 aromatic rings. The van der Waals surface area contributed by atoms with E-state index in [-0.39, 0.29) is 22.1 Å². The number of likely N-dealkylation sites (N-methyl/N-ethyl adjacent to an activating group) is 1. The van der Waals surface area contributed by atoms with Gasteiger partial charge in [-0.1, -0.05) is 31.3 Å². The van der Waals surface area contributed by atoms with E-state index in [0.717, 1.165) is 89.4 Å². The maximum atomic E-state index is 12.8. The fourth-order valence-electron chi connectivity index (χ4n) is 11.1. The molecule has 4 saturated carbocycles. The Hall–Kier alpha value is -4.46. The number of benzene rings is 1. The lowest BCUT2D eigenvalue weighted by Gasteiger charge is -2.56. The number of thiazole rings is 1. The van der Waals surface area contributed by atoms with Crippen LogP contribution in [0.4, 0.5) is 22.6 Å². The van der Waals surface area contributed by atoms with Gasteiger partial charge in [-0.05, 0) is 132 Å². The van der Waals surface area contributed by atoms with Gasteiger partial charge in [0.05, 0.1) is 22.4 Å². The lowest BCUT2D eigenvalue weighted by molar-refractivity contribution is -0.162. The zero-order valence-corrected chi connectivity index (χ0v) is 34.4. The number of pyridine rings is 1. The summed E-state index contributed by atoms with van der Waals surface area (Å²) in [6.45, 7) is 13.9. The van der Waals surface area contributed by atoms with Gasteiger partial charge in [-0.15, -0.1) is 10.2 Å². The van der Waals surface area contributed by atoms with Crippen molar-refractivity contribution in [3.05, 3.63) is 64.5 Å². The number of carboxylic acid groups (broad SMARTS) is 1. The molecule has 4 heterocycles. The van der Waals surface area contributed by atoms with Gasteiger partial charge in [-0.25, -0.2) is 14.8 Å². The normalized spacial score (nSPS) is 27.4. The average molecular weight is 778 g/mol. The number of rotatable bonds is 12. The molecule has 1 aromatic carbocycles. The van der Waals surface area contributed by atoms with Crippen molar-refractivity contribution in [3.63, 3.8) is 0 Å². The summed E-state index contributed by atoms with van der Waals surface area (Å²) < 4.78 is 7.84. The highest BCUT2D eigenvalue weighted by molar-refractivity contribution is 7.22. The van der Waals surface area contributed by atoms with Gasteiger partial charge in [0, 0.05) is 53.8 Å². The summed E-state index contributed by atoms with van der Waals surface area (Å²) in [7, 11) is 1.98. The van der Waals surface area contributed by atoms with Gasteiger partial charge in [0.25, 0.3) is 0 Å². The maximum Gasteiger partial charge on any atom is 0.355 e. The molecule has 5 N–H and O–H groups in total. The number of fused-ring (bicyclic) bond motifs is 3. The van der Waals surface area contributed by atoms with Gasteiger partial charge < -0.3 is 31.1 Å². The lowest BCUT2D eigenvalue weighted by atomic mass is 9.53. The van der Waals surface area contributed by atoms with Gasteiger partial charge in [0.15, 0.2) is 22.5 Å². The SMILES string of the molecule is CNCCOC12CC3CC(C)(CC(C)(CC3CN=C(C)C(=CN)c3ccc(N4CCCc5c4nnc(Nc4nc6cc(C)ccc6s4)c5C)nc3C(=O)O)C1)C2. The van der Waals surface area contributed by atoms with E-state index < -0.39 is 5.97 Å². The molecule has 5 aliphatic rings. The zero-order chi connectivity index (χ0) is 39.4. The second-order valence-electron chi connectivity index (χ2n) is 17.6. The molecule has 0 spiro atoms. The summed E-state index contributed by atoms with van der Waals surface area (Å²) in [5.41, 5.74) is 12.5. The summed E-state index contributed by atoms with van der Waals surface area (Å²) in [5, 5.41) is 27.1. The van der Waals surface area contributed by atoms with Crippen molar-refractivity contribution in [3.8, 4) is 0 Å². The minimum absolute atomic E-state index is 0.0596. The number of ether oxygens (including phenoxy) is 1. The molecule has 0 radical (unpaired) electrons. The monoisotopic (exact) mass is 777 g/mol. The largest absolute Gasteiger partial charge is 0.476 e. The van der Waals surface area contributed by atoms with Gasteiger partial charge in [-0.3, -0.25) is 4.99 Å². The van der Waals surface area contributed by atoms with Crippen LogP contribution >= 0.6 is 11.3 Å². The topological polar surface area (TPSA) is 164 Å². The van der Waals surface area contributed by atoms with E-state index in [9.17, 15) is 9.90 Å². The molecule has 4 bridgehead atoms. The molecule has 5 unspecified atom stereocenters. The Balaban J connectivity index is 1.02. The first-order valence-corrected chi connectivity index (χ1v) is 20.9. The molecule has 0 amide bonds. The third-order valence-electron chi connectivity index (χ3n) is 12.8. The Morgan fingerprint density at radius 1 is 1.11 bits per heavy atom. The number of anilines is 4. The summed E-state index contributed by atoms with van der Waals surface area (Å²) in [5.74, 6) is 1.69. The van der Waals surface area contributed by atoms with Crippen molar-refractivity contribution in [2.75, 3.05) is 43.5 Å². The fourth-order valence-corrected chi connectivity index (χ4v) is 11.9. The van der Waals surface area contributed by atoms with Crippen molar-refractivity contribution in [2.45, 2.75) is 91.6 Å². The molecular formula is C43H55N9O3S. The number of aromatic nitrogens is 4. The first-order chi connectivity index (χ1) is 26.8. The number of nitrogens with one attached hydrogen (secondary N) is 2. The second kappa shape index (κ2) is 14.8. The summed E-state index contributed by atoms with van der Waals surface area (Å²) in [6, 6.07) is 9.92. The molecule has 0 saturated heterocycles. The Morgan fingerprint density at radius 3 is 2.68 bits per heavy atom. The Bertz CT molecular complexity index is 2240. The van der Waals surface area contributed by atoms with E-state index in [1.807, 2.05) is 37.9 Å². The Kier molecular flexibility index (Phi) is 10.2. The fraction of sp³-hybridized carbons (Fsp3) is 0.535. The van der Waals surface area contributed by atoms with Crippen LogP contribution in [0.25, 0.3) is 15.8 Å². The van der Waals surface area contributed by atoms with E-state index in [1.54, 1.807) is 11.3 Å². The molecule has 13 heteroatoms. The molecule has 1 aliphatic heterocycles. The van der Waals surface area contributed by atoms with Crippen LogP contribution in [0.15, 0.2) is 41.5 Å². The lowest BCUT2D eigenvalue weighted by Crippen LogP contribution is -2.52. The first kappa shape index (κ1) is 38.4. The molecule has 12 nitrogen and oxygen atoms in total. The molecule has 4 fully saturated rings. The number of carboxylic acids is 1. The van der Waals surface area contributed by atoms with Crippen molar-refractivity contribution < 1.29 is 14.6 Å². The van der Waals surface area contributed by atoms with Crippen LogP contribution < -0.4 is 21.3 Å². The number of hydrogen-bond donors (Lipinski definition) is 4. The number of hydrogen-bond acceptors (Lipinski definition) is 12. The van der Waals surface area contributed by atoms with Crippen LogP contribution in [0, 0.1) is 36.5 Å². The number of aromatic carboxylic acids is 1. The van der Waals surface area contributed by atoms with Crippen LogP contribution in [0.3, 0.4) is 0 Å². The van der Waals surface area contributed by atoms with Crippen molar-refractivity contribution >= 4 is 61.4 Å². The maximum absolute atomic E-state index is 12.8. The van der Waals surface area contributed by atoms with Crippen molar-refractivity contribution in [1.82, 2.24) is 25.5 Å². The predicted octanol–water partition coefficient (Wildman–Crippen LogP) is 7.99. The zero-order valence-electron chi connectivity index (χ0n) is 33.5. The number of allylic oxidation sites excluding steroid dienone is 1. The molecule has 296 valence electrons. The third-order valence-corrected chi connectivity index (χ3v) is 13.8. The van der Waals surface area contributed by atoms with Crippen molar-refractivity contribution in [2.24, 2.45) is 33.4 Å². The van der Waals surface area contributed by atoms with E-state index in [1.165, 1.54) is 19.0 Å². The highest BCUT2D eigenvalue weighted by Gasteiger charge is 2.60. The number of nitrogens with zero attached hydrogens (tertiary/aromatic N) is 6. The highest BCUT2D eigenvalue weighted by atomic mass is 32.1. The van der Waals surface area contributed by atoms with Gasteiger partial charge in [0.2, 0.25) is 0 Å². The second-order valence-corrected chi connectivity index (χ2v) is 18.7. The summed E-state index contributed by atoms with van der Waals surface area (Å²) in [4.78, 5) is 29.5. The van der Waals surface area contributed by atoms with Gasteiger partial charge in [-0.2, -0.15) is 0 Å². The van der Waals surface area contributed by atoms with E-state index in [0.29, 0.717) is 53.5 Å². The van der Waals surface area contributed by atoms with Crippen LogP contribution in [-0.4, -0.2) is 75.8 Å². The molecule has 5 atom stereocenters. The molecule has 3 aromatic heterocycles. The molecular weight excluding hydrogens is 723 g/mol.